The summed E-state index contributed by atoms with van der Waals surface area (Å²) >= 11 is 10.3. The molecule has 0 aliphatic rings. The van der Waals surface area contributed by atoms with Gasteiger partial charge in [0.1, 0.15) is 0 Å². The van der Waals surface area contributed by atoms with Crippen molar-refractivity contribution < 1.29 is 71.9 Å². The average Bonchev–Trinajstić information content (AvgIpc) is 1.63. The van der Waals surface area contributed by atoms with Crippen LogP contribution in [-0.2, 0) is 57.7 Å². The van der Waals surface area contributed by atoms with Gasteiger partial charge in [-0.1, -0.05) is 234 Å². The zero-order chi connectivity index (χ0) is 80.7. The summed E-state index contributed by atoms with van der Waals surface area (Å²) < 4.78 is 168. The molecule has 0 fully saturated rings. The maximum absolute atomic E-state index is 14.0. The summed E-state index contributed by atoms with van der Waals surface area (Å²) in [5.41, 5.74) is 2.14. The van der Waals surface area contributed by atoms with Gasteiger partial charge in [0.15, 0.2) is 0 Å². The lowest BCUT2D eigenvalue weighted by molar-refractivity contribution is -0.175. The summed E-state index contributed by atoms with van der Waals surface area (Å²) in [7, 11) is 0. The van der Waals surface area contributed by atoms with Crippen LogP contribution in [0.2, 0.25) is 0 Å². The van der Waals surface area contributed by atoms with E-state index < -0.39 is 59.0 Å². The van der Waals surface area contributed by atoms with Crippen LogP contribution in [0.4, 0.5) is 52.7 Å². The Hall–Kier alpha value is -4.78. The average molecular weight is 1690 g/mol. The van der Waals surface area contributed by atoms with Crippen molar-refractivity contribution in [2.75, 3.05) is 0 Å². The lowest BCUT2D eigenvalue weighted by atomic mass is 10.0. The molecule has 111 heavy (non-hydrogen) atoms. The quantitative estimate of drug-likeness (QED) is 0.0125. The van der Waals surface area contributed by atoms with Gasteiger partial charge in [-0.25, -0.2) is 0 Å². The SMILES string of the molecule is CCCCCCCCc1cc(C=C(C(=O)C(F)(F)F)C(=O)C(F)(F)F)sc1-c1cc(CCCCCCCC)c(-c2cc(CCCCCCCC)c(-c3ccc(-c4sc(-c5sc(-c6sc(C=C(C(=O)C(F)(F)F)C(=O)C(F)(F)F)cc6CCCCCCCC)cc5CCCCCCCC)cc4CCCCCCCC)s3)s2)s1. The molecule has 7 aromatic heterocycles. The Morgan fingerprint density at radius 3 is 0.631 bits per heavy atom. The first kappa shape index (κ1) is 93.4. The van der Waals surface area contributed by atoms with Gasteiger partial charge in [-0.3, -0.25) is 19.2 Å². The van der Waals surface area contributed by atoms with Gasteiger partial charge in [0.25, 0.3) is 23.1 Å². The normalized spacial score (nSPS) is 12.3. The lowest BCUT2D eigenvalue weighted by Gasteiger charge is -2.10. The van der Waals surface area contributed by atoms with Crippen LogP contribution in [-0.4, -0.2) is 47.8 Å². The number of aryl methyl sites for hydroxylation is 6. The van der Waals surface area contributed by atoms with Gasteiger partial charge in [-0.2, -0.15) is 52.7 Å². The van der Waals surface area contributed by atoms with Crippen LogP contribution in [0.15, 0.2) is 59.7 Å². The third-order valence-corrected chi connectivity index (χ3v) is 29.3. The highest BCUT2D eigenvalue weighted by atomic mass is 32.1. The van der Waals surface area contributed by atoms with E-state index in [4.69, 9.17) is 0 Å². The number of carbonyl (C=O) groups is 4. The van der Waals surface area contributed by atoms with E-state index in [0.717, 1.165) is 338 Å². The van der Waals surface area contributed by atoms with Crippen molar-refractivity contribution in [3.8, 4) is 58.5 Å². The predicted molar refractivity (Wildman–Crippen MR) is 447 cm³/mol. The monoisotopic (exact) mass is 1680 g/mol. The number of ketones is 4. The highest BCUT2D eigenvalue weighted by molar-refractivity contribution is 7.31. The van der Waals surface area contributed by atoms with Gasteiger partial charge in [-0.15, -0.1) is 79.4 Å². The molecule has 0 amide bonds. The number of unbranched alkanes of at least 4 members (excludes halogenated alkanes) is 30. The van der Waals surface area contributed by atoms with E-state index in [9.17, 15) is 71.9 Å². The van der Waals surface area contributed by atoms with E-state index in [1.165, 1.54) is 11.1 Å². The van der Waals surface area contributed by atoms with Crippen molar-refractivity contribution >= 4 is 115 Å². The number of carbonyl (C=O) groups excluding carboxylic acids is 4. The molecule has 0 saturated heterocycles. The minimum Gasteiger partial charge on any atom is -0.284 e. The fraction of sp³-hybridized carbons (Fsp3) is 0.591. The Morgan fingerprint density at radius 1 is 0.243 bits per heavy atom. The van der Waals surface area contributed by atoms with E-state index in [1.807, 2.05) is 0 Å². The van der Waals surface area contributed by atoms with Crippen LogP contribution in [0.3, 0.4) is 0 Å². The van der Waals surface area contributed by atoms with Crippen LogP contribution >= 0.6 is 79.4 Å². The Labute approximate surface area is 678 Å². The zero-order valence-corrected chi connectivity index (χ0v) is 71.2. The molecule has 0 atom stereocenters. The second-order valence-corrected chi connectivity index (χ2v) is 37.0. The Balaban J connectivity index is 1.39. The summed E-state index contributed by atoms with van der Waals surface area (Å²) in [6.07, 6.45) is 19.1. The number of rotatable bonds is 54. The highest BCUT2D eigenvalue weighted by Crippen LogP contribution is 2.53. The molecule has 23 heteroatoms. The summed E-state index contributed by atoms with van der Waals surface area (Å²) in [6, 6.07) is 16.5. The molecule has 0 saturated carbocycles. The smallest absolute Gasteiger partial charge is 0.284 e. The molecule has 0 N–H and O–H groups in total. The van der Waals surface area contributed by atoms with Gasteiger partial charge < -0.3 is 0 Å². The van der Waals surface area contributed by atoms with E-state index in [0.29, 0.717) is 47.6 Å². The molecule has 0 bridgehead atoms. The summed E-state index contributed by atoms with van der Waals surface area (Å²) in [4.78, 5) is 62.3. The van der Waals surface area contributed by atoms with E-state index in [2.05, 4.69) is 77.9 Å². The van der Waals surface area contributed by atoms with Crippen molar-refractivity contribution in [1.29, 1.82) is 0 Å². The first-order valence-electron chi connectivity index (χ1n) is 40.8. The Bertz CT molecular complexity index is 3760. The fourth-order valence-electron chi connectivity index (χ4n) is 14.1. The number of hydrogen-bond donors (Lipinski definition) is 0. The summed E-state index contributed by atoms with van der Waals surface area (Å²) in [5, 5.41) is 0. The molecule has 0 aromatic carbocycles. The van der Waals surface area contributed by atoms with E-state index in [1.54, 1.807) is 68.8 Å². The Kier molecular flexibility index (Phi) is 39.4. The van der Waals surface area contributed by atoms with Gasteiger partial charge >= 0.3 is 24.7 Å². The Morgan fingerprint density at radius 2 is 0.423 bits per heavy atom. The number of alkyl halides is 12. The van der Waals surface area contributed by atoms with Gasteiger partial charge in [0.2, 0.25) is 0 Å². The number of allylic oxidation sites excluding steroid dienone is 2. The zero-order valence-electron chi connectivity index (χ0n) is 65.5. The van der Waals surface area contributed by atoms with Crippen molar-refractivity contribution in [1.82, 2.24) is 0 Å². The van der Waals surface area contributed by atoms with Crippen molar-refractivity contribution in [2.45, 2.75) is 336 Å². The molecule has 7 rings (SSSR count). The molecule has 0 spiro atoms. The van der Waals surface area contributed by atoms with Crippen molar-refractivity contribution in [3.05, 3.63) is 103 Å². The molecule has 0 aliphatic carbocycles. The molecule has 4 nitrogen and oxygen atoms in total. The molecular formula is C88H112F12O4S7. The maximum atomic E-state index is 14.0. The van der Waals surface area contributed by atoms with E-state index in [-0.39, 0.29) is 9.75 Å². The molecule has 0 aliphatic heterocycles. The molecular weight excluding hydrogens is 1570 g/mol. The molecule has 0 radical (unpaired) electrons. The number of Topliss-reactive ketones (excluding diaryl/α,β-unsaturated/α-hetero) is 4. The second-order valence-electron chi connectivity index (χ2n) is 29.6. The third kappa shape index (κ3) is 29.1. The second kappa shape index (κ2) is 46.8. The lowest BCUT2D eigenvalue weighted by Crippen LogP contribution is -2.34. The standard InChI is InChI=1S/C88H112F12O4S7/c1-7-13-19-25-31-37-43-59-51-65(57-67(81(101)85(89,90)91)82(102)86(92,93)94)105-77(59)71-55-63(47-41-35-29-23-17-11-5)79(110-71)73-53-61(45-39-33-27-21-15-9-3)75(108-73)69-49-50-70(107-69)76-62(46-40-34-28-22-16-10-4)54-74(109-76)80-64(48-42-36-30-24-18-12-6)56-72(111-80)78-60(44-38-32-26-20-14-8-2)52-66(106-78)58-68(83(103)87(95,96)97)84(104)88(98,99)100/h49-58H,7-48H2,1-6H3. The van der Waals surface area contributed by atoms with Gasteiger partial charge in [-0.05, 0) is 171 Å². The van der Waals surface area contributed by atoms with Crippen molar-refractivity contribution in [3.63, 3.8) is 0 Å². The molecule has 7 aromatic rings. The minimum absolute atomic E-state index is 0.0492. The summed E-state index contributed by atoms with van der Waals surface area (Å²) in [6.45, 7) is 13.0. The van der Waals surface area contributed by atoms with Crippen LogP contribution in [0.25, 0.3) is 70.7 Å². The highest BCUT2D eigenvalue weighted by Gasteiger charge is 2.52. The van der Waals surface area contributed by atoms with Crippen LogP contribution in [0, 0.1) is 0 Å². The van der Waals surface area contributed by atoms with Gasteiger partial charge in [0, 0.05) is 68.3 Å². The summed E-state index contributed by atoms with van der Waals surface area (Å²) in [5.74, 6) is -11.4. The first-order chi connectivity index (χ1) is 53.1. The number of halogens is 12. The topological polar surface area (TPSA) is 68.3 Å². The number of hydrogen-bond acceptors (Lipinski definition) is 11. The van der Waals surface area contributed by atoms with Crippen LogP contribution < -0.4 is 0 Å². The maximum Gasteiger partial charge on any atom is 0.455 e. The molecule has 7 heterocycles. The van der Waals surface area contributed by atoms with Gasteiger partial charge in [0.05, 0.1) is 11.1 Å². The largest absolute Gasteiger partial charge is 0.455 e. The van der Waals surface area contributed by atoms with E-state index >= 15 is 0 Å². The third-order valence-electron chi connectivity index (χ3n) is 20.2. The van der Waals surface area contributed by atoms with Crippen LogP contribution in [0.1, 0.15) is 316 Å². The van der Waals surface area contributed by atoms with Crippen molar-refractivity contribution in [2.24, 2.45) is 0 Å². The molecule has 0 unspecified atom stereocenters. The first-order valence-corrected chi connectivity index (χ1v) is 46.6. The predicted octanol–water partition coefficient (Wildman–Crippen LogP) is 32.8. The molecule has 614 valence electrons. The van der Waals surface area contributed by atoms with Crippen LogP contribution in [0.5, 0.6) is 0 Å². The minimum atomic E-state index is -5.73. The number of thiophene rings is 7. The fourth-order valence-corrected chi connectivity index (χ4v) is 23.1.